The average Bonchev–Trinajstić information content (AvgIpc) is 2.74. The third kappa shape index (κ3) is 2.78. The maximum atomic E-state index is 12.3. The number of hydrogen-bond acceptors (Lipinski definition) is 3. The van der Waals surface area contributed by atoms with Crippen molar-refractivity contribution in [2.24, 2.45) is 11.5 Å². The molecule has 0 atom stereocenters. The molecule has 0 spiro atoms. The van der Waals surface area contributed by atoms with Crippen LogP contribution < -0.4 is 16.4 Å². The van der Waals surface area contributed by atoms with Crippen molar-refractivity contribution in [1.29, 1.82) is 0 Å². The highest BCUT2D eigenvalue weighted by molar-refractivity contribution is 6.02. The quantitative estimate of drug-likeness (QED) is 0.864. The molecule has 112 valence electrons. The van der Waals surface area contributed by atoms with Gasteiger partial charge in [-0.05, 0) is 42.9 Å². The lowest BCUT2D eigenvalue weighted by Crippen LogP contribution is -2.42. The van der Waals surface area contributed by atoms with Crippen molar-refractivity contribution < 1.29 is 9.59 Å². The molecule has 5 heteroatoms. The summed E-state index contributed by atoms with van der Waals surface area (Å²) < 4.78 is 0. The molecular weight excluding hydrogens is 266 g/mol. The summed E-state index contributed by atoms with van der Waals surface area (Å²) in [7, 11) is 0. The van der Waals surface area contributed by atoms with Crippen molar-refractivity contribution in [3.63, 3.8) is 0 Å². The SMILES string of the molecule is NC(=O)Cc1ccc2c(c1)CC(=O)N2C1CCC(N)CC1. The van der Waals surface area contributed by atoms with E-state index in [0.29, 0.717) is 6.42 Å². The van der Waals surface area contributed by atoms with Crippen molar-refractivity contribution >= 4 is 17.5 Å². The molecule has 4 N–H and O–H groups in total. The van der Waals surface area contributed by atoms with Crippen molar-refractivity contribution in [2.45, 2.75) is 50.6 Å². The molecule has 2 amide bonds. The standard InChI is InChI=1S/C16H21N3O2/c17-12-2-4-13(5-3-12)19-14-6-1-10(8-15(18)20)7-11(14)9-16(19)21/h1,6-7,12-13H,2-5,8-9,17H2,(H2,18,20). The van der Waals surface area contributed by atoms with Crippen LogP contribution in [0.5, 0.6) is 0 Å². The van der Waals surface area contributed by atoms with Gasteiger partial charge in [0, 0.05) is 17.8 Å². The first-order valence-electron chi connectivity index (χ1n) is 7.52. The van der Waals surface area contributed by atoms with Gasteiger partial charge in [-0.1, -0.05) is 12.1 Å². The second-order valence-corrected chi connectivity index (χ2v) is 6.12. The Kier molecular flexibility index (Phi) is 3.68. The Bertz CT molecular complexity index is 577. The number of hydrogen-bond donors (Lipinski definition) is 2. The monoisotopic (exact) mass is 287 g/mol. The zero-order chi connectivity index (χ0) is 15.0. The van der Waals surface area contributed by atoms with Gasteiger partial charge in [0.25, 0.3) is 0 Å². The predicted octanol–water partition coefficient (Wildman–Crippen LogP) is 0.873. The first kappa shape index (κ1) is 14.1. The van der Waals surface area contributed by atoms with Crippen LogP contribution in [0.15, 0.2) is 18.2 Å². The number of fused-ring (bicyclic) bond motifs is 1. The summed E-state index contributed by atoms with van der Waals surface area (Å²) in [6.45, 7) is 0. The van der Waals surface area contributed by atoms with E-state index in [-0.39, 0.29) is 30.3 Å². The summed E-state index contributed by atoms with van der Waals surface area (Å²) in [4.78, 5) is 25.3. The number of carbonyl (C=O) groups is 2. The minimum Gasteiger partial charge on any atom is -0.369 e. The van der Waals surface area contributed by atoms with E-state index in [1.165, 1.54) is 0 Å². The molecule has 1 saturated carbocycles. The lowest BCUT2D eigenvalue weighted by atomic mass is 9.90. The second-order valence-electron chi connectivity index (χ2n) is 6.12. The first-order chi connectivity index (χ1) is 10.0. The molecule has 0 radical (unpaired) electrons. The van der Waals surface area contributed by atoms with Crippen molar-refractivity contribution in [1.82, 2.24) is 0 Å². The fraction of sp³-hybridized carbons (Fsp3) is 0.500. The Morgan fingerprint density at radius 2 is 1.95 bits per heavy atom. The summed E-state index contributed by atoms with van der Waals surface area (Å²) in [5.41, 5.74) is 14.0. The Labute approximate surface area is 124 Å². The lowest BCUT2D eigenvalue weighted by Gasteiger charge is -2.33. The summed E-state index contributed by atoms with van der Waals surface area (Å²) >= 11 is 0. The number of benzene rings is 1. The van der Waals surface area contributed by atoms with E-state index in [1.54, 1.807) is 0 Å². The third-order valence-corrected chi connectivity index (χ3v) is 4.50. The van der Waals surface area contributed by atoms with Crippen LogP contribution in [0.4, 0.5) is 5.69 Å². The molecule has 1 aromatic carbocycles. The summed E-state index contributed by atoms with van der Waals surface area (Å²) in [6.07, 6.45) is 4.53. The van der Waals surface area contributed by atoms with E-state index in [2.05, 4.69) is 0 Å². The molecular formula is C16H21N3O2. The number of amides is 2. The van der Waals surface area contributed by atoms with E-state index >= 15 is 0 Å². The number of carbonyl (C=O) groups excluding carboxylic acids is 2. The Morgan fingerprint density at radius 1 is 1.24 bits per heavy atom. The number of nitrogens with zero attached hydrogens (tertiary/aromatic N) is 1. The van der Waals surface area contributed by atoms with E-state index < -0.39 is 0 Å². The molecule has 0 unspecified atom stereocenters. The molecule has 3 rings (SSSR count). The van der Waals surface area contributed by atoms with Gasteiger partial charge < -0.3 is 16.4 Å². The van der Waals surface area contributed by atoms with Crippen LogP contribution in [0.2, 0.25) is 0 Å². The van der Waals surface area contributed by atoms with E-state index in [4.69, 9.17) is 11.5 Å². The van der Waals surface area contributed by atoms with Crippen LogP contribution in [0.25, 0.3) is 0 Å². The van der Waals surface area contributed by atoms with Crippen LogP contribution in [0.3, 0.4) is 0 Å². The molecule has 0 bridgehead atoms. The highest BCUT2D eigenvalue weighted by Crippen LogP contribution is 2.35. The molecule has 2 aliphatic rings. The van der Waals surface area contributed by atoms with Crippen molar-refractivity contribution in [3.05, 3.63) is 29.3 Å². The first-order valence-corrected chi connectivity index (χ1v) is 7.52. The minimum atomic E-state index is -0.350. The smallest absolute Gasteiger partial charge is 0.231 e. The number of rotatable bonds is 3. The maximum absolute atomic E-state index is 12.3. The summed E-state index contributed by atoms with van der Waals surface area (Å²) in [5.74, 6) is -0.195. The average molecular weight is 287 g/mol. The van der Waals surface area contributed by atoms with E-state index in [9.17, 15) is 9.59 Å². The zero-order valence-corrected chi connectivity index (χ0v) is 12.0. The lowest BCUT2D eigenvalue weighted by molar-refractivity contribution is -0.118. The molecule has 1 heterocycles. The molecule has 1 aromatic rings. The van der Waals surface area contributed by atoms with Crippen molar-refractivity contribution in [2.75, 3.05) is 4.90 Å². The molecule has 21 heavy (non-hydrogen) atoms. The van der Waals surface area contributed by atoms with Gasteiger partial charge in [-0.15, -0.1) is 0 Å². The van der Waals surface area contributed by atoms with Crippen LogP contribution in [0, 0.1) is 0 Å². The number of nitrogens with two attached hydrogens (primary N) is 2. The Morgan fingerprint density at radius 3 is 2.62 bits per heavy atom. The van der Waals surface area contributed by atoms with Gasteiger partial charge >= 0.3 is 0 Å². The molecule has 0 aromatic heterocycles. The van der Waals surface area contributed by atoms with Gasteiger partial charge in [0.2, 0.25) is 11.8 Å². The van der Waals surface area contributed by atoms with E-state index in [1.807, 2.05) is 23.1 Å². The molecule has 5 nitrogen and oxygen atoms in total. The van der Waals surface area contributed by atoms with Crippen LogP contribution in [0.1, 0.15) is 36.8 Å². The molecule has 0 saturated heterocycles. The third-order valence-electron chi connectivity index (χ3n) is 4.50. The number of primary amides is 1. The largest absolute Gasteiger partial charge is 0.369 e. The van der Waals surface area contributed by atoms with Gasteiger partial charge in [-0.2, -0.15) is 0 Å². The zero-order valence-electron chi connectivity index (χ0n) is 12.0. The van der Waals surface area contributed by atoms with Gasteiger partial charge in [0.15, 0.2) is 0 Å². The number of anilines is 1. The molecule has 1 aliphatic carbocycles. The second kappa shape index (κ2) is 5.48. The van der Waals surface area contributed by atoms with Gasteiger partial charge in [0.1, 0.15) is 0 Å². The molecule has 1 aliphatic heterocycles. The van der Waals surface area contributed by atoms with Gasteiger partial charge in [0.05, 0.1) is 12.8 Å². The van der Waals surface area contributed by atoms with Crippen LogP contribution >= 0.6 is 0 Å². The fourth-order valence-corrected chi connectivity index (χ4v) is 3.47. The van der Waals surface area contributed by atoms with Gasteiger partial charge in [-0.25, -0.2) is 0 Å². The predicted molar refractivity (Wildman–Crippen MR) is 80.8 cm³/mol. The fourth-order valence-electron chi connectivity index (χ4n) is 3.47. The Balaban J connectivity index is 1.83. The topological polar surface area (TPSA) is 89.4 Å². The maximum Gasteiger partial charge on any atom is 0.231 e. The summed E-state index contributed by atoms with van der Waals surface area (Å²) in [5, 5.41) is 0. The normalized spacial score (nSPS) is 25.0. The van der Waals surface area contributed by atoms with Crippen LogP contribution in [-0.4, -0.2) is 23.9 Å². The highest BCUT2D eigenvalue weighted by atomic mass is 16.2. The van der Waals surface area contributed by atoms with Crippen LogP contribution in [-0.2, 0) is 22.4 Å². The van der Waals surface area contributed by atoms with Gasteiger partial charge in [-0.3, -0.25) is 9.59 Å². The minimum absolute atomic E-state index is 0.154. The highest BCUT2D eigenvalue weighted by Gasteiger charge is 2.34. The Hall–Kier alpha value is -1.88. The van der Waals surface area contributed by atoms with Crippen molar-refractivity contribution in [3.8, 4) is 0 Å². The molecule has 1 fully saturated rings. The summed E-state index contributed by atoms with van der Waals surface area (Å²) in [6, 6.07) is 6.32. The van der Waals surface area contributed by atoms with E-state index in [0.717, 1.165) is 42.5 Å².